The number of anilines is 1. The fourth-order valence-corrected chi connectivity index (χ4v) is 3.05. The van der Waals surface area contributed by atoms with Crippen molar-refractivity contribution >= 4 is 22.8 Å². The van der Waals surface area contributed by atoms with Crippen molar-refractivity contribution in [3.05, 3.63) is 47.0 Å². The van der Waals surface area contributed by atoms with Crippen LogP contribution in [0.15, 0.2) is 41.3 Å². The van der Waals surface area contributed by atoms with Crippen molar-refractivity contribution in [1.82, 2.24) is 14.1 Å². The number of ether oxygens (including phenoxy) is 2. The first-order valence-electron chi connectivity index (χ1n) is 8.30. The number of benzene rings is 1. The predicted octanol–water partition coefficient (Wildman–Crippen LogP) is 2.15. The lowest BCUT2D eigenvalue weighted by atomic mass is 10.3. The van der Waals surface area contributed by atoms with Crippen LogP contribution in [0.2, 0.25) is 0 Å². The highest BCUT2D eigenvalue weighted by atomic mass is 16.7. The van der Waals surface area contributed by atoms with E-state index in [1.165, 1.54) is 4.57 Å². The Labute approximate surface area is 149 Å². The number of hydrogen-bond acceptors (Lipinski definition) is 5. The molecule has 1 aliphatic rings. The fraction of sp³-hybridized carbons (Fsp3) is 0.278. The predicted molar refractivity (Wildman–Crippen MR) is 95.6 cm³/mol. The third kappa shape index (κ3) is 2.69. The minimum atomic E-state index is -0.308. The molecular weight excluding hydrogens is 336 g/mol. The Morgan fingerprint density at radius 1 is 1.27 bits per heavy atom. The number of hydrogen-bond donors (Lipinski definition) is 1. The standard InChI is InChI=1S/C18H18N4O4/c1-11(2)22-17-13(4-3-7-19-17)21(18(22)24)9-16(23)20-12-5-6-14-15(8-12)26-10-25-14/h3-8,11H,9-10H2,1-2H3,(H,20,23). The van der Waals surface area contributed by atoms with E-state index in [1.54, 1.807) is 41.1 Å². The van der Waals surface area contributed by atoms with Crippen molar-refractivity contribution in [3.63, 3.8) is 0 Å². The van der Waals surface area contributed by atoms with Gasteiger partial charge in [-0.25, -0.2) is 9.78 Å². The lowest BCUT2D eigenvalue weighted by Gasteiger charge is -2.07. The Balaban J connectivity index is 1.62. The van der Waals surface area contributed by atoms with E-state index in [0.717, 1.165) is 0 Å². The van der Waals surface area contributed by atoms with E-state index < -0.39 is 0 Å². The van der Waals surface area contributed by atoms with E-state index in [2.05, 4.69) is 10.3 Å². The van der Waals surface area contributed by atoms with Gasteiger partial charge in [0.25, 0.3) is 0 Å². The van der Waals surface area contributed by atoms with Crippen LogP contribution in [-0.4, -0.2) is 26.8 Å². The summed E-state index contributed by atoms with van der Waals surface area (Å²) in [5.74, 6) is 0.920. The smallest absolute Gasteiger partial charge is 0.331 e. The van der Waals surface area contributed by atoms with Gasteiger partial charge in [-0.3, -0.25) is 13.9 Å². The molecule has 4 rings (SSSR count). The third-order valence-corrected chi connectivity index (χ3v) is 4.20. The first-order valence-corrected chi connectivity index (χ1v) is 8.30. The molecule has 2 aromatic heterocycles. The maximum Gasteiger partial charge on any atom is 0.331 e. The number of nitrogens with zero attached hydrogens (tertiary/aromatic N) is 3. The van der Waals surface area contributed by atoms with E-state index in [9.17, 15) is 9.59 Å². The van der Waals surface area contributed by atoms with Crippen LogP contribution in [0.3, 0.4) is 0 Å². The molecule has 3 aromatic rings. The van der Waals surface area contributed by atoms with Gasteiger partial charge in [0.1, 0.15) is 6.54 Å². The molecule has 0 saturated carbocycles. The molecule has 26 heavy (non-hydrogen) atoms. The van der Waals surface area contributed by atoms with Gasteiger partial charge >= 0.3 is 5.69 Å². The minimum absolute atomic E-state index is 0.0573. The highest BCUT2D eigenvalue weighted by Gasteiger charge is 2.19. The average Bonchev–Trinajstić information content (AvgIpc) is 3.17. The largest absolute Gasteiger partial charge is 0.454 e. The van der Waals surface area contributed by atoms with Crippen molar-refractivity contribution < 1.29 is 14.3 Å². The number of imidazole rings is 1. The number of fused-ring (bicyclic) bond motifs is 2. The molecule has 0 fully saturated rings. The van der Waals surface area contributed by atoms with Crippen LogP contribution in [0.25, 0.3) is 11.2 Å². The summed E-state index contributed by atoms with van der Waals surface area (Å²) < 4.78 is 13.6. The zero-order valence-corrected chi connectivity index (χ0v) is 14.4. The minimum Gasteiger partial charge on any atom is -0.454 e. The van der Waals surface area contributed by atoms with E-state index in [-0.39, 0.29) is 31.0 Å². The van der Waals surface area contributed by atoms with Gasteiger partial charge < -0.3 is 14.8 Å². The van der Waals surface area contributed by atoms with Crippen molar-refractivity contribution in [2.75, 3.05) is 12.1 Å². The first kappa shape index (κ1) is 16.2. The Bertz CT molecular complexity index is 1050. The van der Waals surface area contributed by atoms with Gasteiger partial charge in [0.2, 0.25) is 12.7 Å². The number of nitrogens with one attached hydrogen (secondary N) is 1. The van der Waals surface area contributed by atoms with Gasteiger partial charge in [-0.1, -0.05) is 0 Å². The quantitative estimate of drug-likeness (QED) is 0.776. The van der Waals surface area contributed by atoms with Crippen LogP contribution in [0.5, 0.6) is 11.5 Å². The summed E-state index contributed by atoms with van der Waals surface area (Å²) >= 11 is 0. The second kappa shape index (κ2) is 6.21. The van der Waals surface area contributed by atoms with Gasteiger partial charge in [-0.2, -0.15) is 0 Å². The molecule has 0 bridgehead atoms. The second-order valence-electron chi connectivity index (χ2n) is 6.29. The summed E-state index contributed by atoms with van der Waals surface area (Å²) in [4.78, 5) is 29.5. The molecule has 3 heterocycles. The summed E-state index contributed by atoms with van der Waals surface area (Å²) in [5.41, 5.74) is 1.53. The summed E-state index contributed by atoms with van der Waals surface area (Å²) in [6, 6.07) is 8.64. The maximum atomic E-state index is 12.7. The molecule has 0 spiro atoms. The topological polar surface area (TPSA) is 87.4 Å². The van der Waals surface area contributed by atoms with E-state index in [0.29, 0.717) is 28.4 Å². The van der Waals surface area contributed by atoms with Crippen LogP contribution in [0.4, 0.5) is 5.69 Å². The van der Waals surface area contributed by atoms with Crippen molar-refractivity contribution in [3.8, 4) is 11.5 Å². The fourth-order valence-electron chi connectivity index (χ4n) is 3.05. The third-order valence-electron chi connectivity index (χ3n) is 4.20. The lowest BCUT2D eigenvalue weighted by molar-refractivity contribution is -0.116. The van der Waals surface area contributed by atoms with Crippen molar-refractivity contribution in [2.24, 2.45) is 0 Å². The molecule has 1 amide bonds. The Morgan fingerprint density at radius 3 is 2.88 bits per heavy atom. The number of aromatic nitrogens is 3. The van der Waals surface area contributed by atoms with E-state index in [4.69, 9.17) is 9.47 Å². The van der Waals surface area contributed by atoms with Crippen molar-refractivity contribution in [1.29, 1.82) is 0 Å². The zero-order chi connectivity index (χ0) is 18.3. The molecule has 0 saturated heterocycles. The lowest BCUT2D eigenvalue weighted by Crippen LogP contribution is -2.30. The number of rotatable bonds is 4. The average molecular weight is 354 g/mol. The first-order chi connectivity index (χ1) is 12.5. The molecule has 134 valence electrons. The monoisotopic (exact) mass is 354 g/mol. The number of pyridine rings is 1. The molecule has 0 radical (unpaired) electrons. The molecule has 8 nitrogen and oxygen atoms in total. The van der Waals surface area contributed by atoms with E-state index >= 15 is 0 Å². The highest BCUT2D eigenvalue weighted by molar-refractivity contribution is 5.91. The molecule has 0 aliphatic carbocycles. The van der Waals surface area contributed by atoms with Gasteiger partial charge in [-0.15, -0.1) is 0 Å². The molecule has 8 heteroatoms. The van der Waals surface area contributed by atoms with E-state index in [1.807, 2.05) is 13.8 Å². The van der Waals surface area contributed by atoms with Gasteiger partial charge in [-0.05, 0) is 38.1 Å². The molecule has 0 unspecified atom stereocenters. The normalized spacial score (nSPS) is 12.7. The van der Waals surface area contributed by atoms with Crippen LogP contribution in [0, 0.1) is 0 Å². The number of carbonyl (C=O) groups is 1. The van der Waals surface area contributed by atoms with Gasteiger partial charge in [0.15, 0.2) is 17.1 Å². The molecule has 1 N–H and O–H groups in total. The van der Waals surface area contributed by atoms with Crippen LogP contribution in [-0.2, 0) is 11.3 Å². The van der Waals surface area contributed by atoms with Gasteiger partial charge in [0.05, 0.1) is 5.52 Å². The SMILES string of the molecule is CC(C)n1c(=O)n(CC(=O)Nc2ccc3c(c2)OCO3)c2cccnc21. The maximum absolute atomic E-state index is 12.7. The van der Waals surface area contributed by atoms with Crippen molar-refractivity contribution in [2.45, 2.75) is 26.4 Å². The Kier molecular flexibility index (Phi) is 3.87. The second-order valence-corrected chi connectivity index (χ2v) is 6.29. The molecular formula is C18H18N4O4. The van der Waals surface area contributed by atoms with Crippen LogP contribution < -0.4 is 20.5 Å². The van der Waals surface area contributed by atoms with Gasteiger partial charge in [0, 0.05) is 24.0 Å². The summed E-state index contributed by atoms with van der Waals surface area (Å²) in [7, 11) is 0. The number of carbonyl (C=O) groups excluding carboxylic acids is 1. The molecule has 1 aromatic carbocycles. The summed E-state index contributed by atoms with van der Waals surface area (Å²) in [5, 5.41) is 2.79. The Hall–Kier alpha value is -3.29. The number of amides is 1. The van der Waals surface area contributed by atoms with Crippen LogP contribution in [0.1, 0.15) is 19.9 Å². The zero-order valence-electron chi connectivity index (χ0n) is 14.4. The molecule has 1 aliphatic heterocycles. The Morgan fingerprint density at radius 2 is 2.08 bits per heavy atom. The summed E-state index contributed by atoms with van der Waals surface area (Å²) in [6.07, 6.45) is 1.64. The highest BCUT2D eigenvalue weighted by Crippen LogP contribution is 2.34. The molecule has 0 atom stereocenters. The summed E-state index contributed by atoms with van der Waals surface area (Å²) in [6.45, 7) is 3.89. The van der Waals surface area contributed by atoms with Crippen LogP contribution >= 0.6 is 0 Å².